The lowest BCUT2D eigenvalue weighted by Crippen LogP contribution is -2.33. The summed E-state index contributed by atoms with van der Waals surface area (Å²) in [6.07, 6.45) is 1.42. The third kappa shape index (κ3) is 3.95. The van der Waals surface area contributed by atoms with Crippen molar-refractivity contribution < 1.29 is 22.8 Å². The van der Waals surface area contributed by atoms with Gasteiger partial charge in [-0.05, 0) is 24.3 Å². The highest BCUT2D eigenvalue weighted by molar-refractivity contribution is 6.01. The number of amides is 2. The van der Waals surface area contributed by atoms with Gasteiger partial charge >= 0.3 is 0 Å². The molecule has 0 bridgehead atoms. The van der Waals surface area contributed by atoms with E-state index in [4.69, 9.17) is 0 Å². The van der Waals surface area contributed by atoms with Crippen LogP contribution in [0.3, 0.4) is 0 Å². The number of halogens is 3. The molecule has 8 heteroatoms. The molecule has 1 heterocycles. The SMILES string of the molecule is CC(=O)N(CCC(=O)Nc1cccc2cccnc12)c1ccc(F)c(F)c1F. The summed E-state index contributed by atoms with van der Waals surface area (Å²) in [7, 11) is 0. The molecule has 3 aromatic rings. The number of para-hydroxylation sites is 1. The number of hydrogen-bond donors (Lipinski definition) is 1. The van der Waals surface area contributed by atoms with Crippen molar-refractivity contribution >= 4 is 34.1 Å². The number of benzene rings is 2. The molecule has 0 fully saturated rings. The molecule has 0 saturated heterocycles. The van der Waals surface area contributed by atoms with Gasteiger partial charge in [-0.15, -0.1) is 0 Å². The van der Waals surface area contributed by atoms with Crippen molar-refractivity contribution in [2.75, 3.05) is 16.8 Å². The summed E-state index contributed by atoms with van der Waals surface area (Å²) in [5, 5.41) is 3.54. The van der Waals surface area contributed by atoms with Crippen LogP contribution in [0.5, 0.6) is 0 Å². The molecule has 1 N–H and O–H groups in total. The predicted octanol–water partition coefficient (Wildman–Crippen LogP) is 4.03. The summed E-state index contributed by atoms with van der Waals surface area (Å²) >= 11 is 0. The highest BCUT2D eigenvalue weighted by atomic mass is 19.2. The number of aromatic nitrogens is 1. The van der Waals surface area contributed by atoms with Crippen LogP contribution in [0, 0.1) is 17.5 Å². The van der Waals surface area contributed by atoms with Gasteiger partial charge in [0.1, 0.15) is 0 Å². The molecule has 1 aromatic heterocycles. The minimum Gasteiger partial charge on any atom is -0.324 e. The highest BCUT2D eigenvalue weighted by Crippen LogP contribution is 2.24. The second-order valence-electron chi connectivity index (χ2n) is 6.04. The van der Waals surface area contributed by atoms with Gasteiger partial charge in [0, 0.05) is 31.5 Å². The Morgan fingerprint density at radius 3 is 2.54 bits per heavy atom. The molecule has 0 unspecified atom stereocenters. The van der Waals surface area contributed by atoms with Crippen molar-refractivity contribution in [3.63, 3.8) is 0 Å². The Hall–Kier alpha value is -3.42. The van der Waals surface area contributed by atoms with Crippen molar-refractivity contribution in [1.29, 1.82) is 0 Å². The average molecular weight is 387 g/mol. The van der Waals surface area contributed by atoms with Gasteiger partial charge < -0.3 is 10.2 Å². The van der Waals surface area contributed by atoms with Gasteiger partial charge in [-0.3, -0.25) is 14.6 Å². The van der Waals surface area contributed by atoms with Gasteiger partial charge in [-0.25, -0.2) is 13.2 Å². The number of nitrogens with zero attached hydrogens (tertiary/aromatic N) is 2. The number of pyridine rings is 1. The minimum atomic E-state index is -1.67. The van der Waals surface area contributed by atoms with Crippen LogP contribution in [0.2, 0.25) is 0 Å². The van der Waals surface area contributed by atoms with E-state index in [1.807, 2.05) is 12.1 Å². The van der Waals surface area contributed by atoms with Gasteiger partial charge in [0.05, 0.1) is 16.9 Å². The molecular formula is C20H16F3N3O2. The number of rotatable bonds is 5. The minimum absolute atomic E-state index is 0.179. The molecule has 0 saturated carbocycles. The van der Waals surface area contributed by atoms with E-state index in [0.29, 0.717) is 11.2 Å². The van der Waals surface area contributed by atoms with Crippen molar-refractivity contribution in [2.24, 2.45) is 0 Å². The number of nitrogens with one attached hydrogen (secondary N) is 1. The predicted molar refractivity (Wildman–Crippen MR) is 99.3 cm³/mol. The summed E-state index contributed by atoms with van der Waals surface area (Å²) < 4.78 is 40.6. The first kappa shape index (κ1) is 19.3. The van der Waals surface area contributed by atoms with Gasteiger partial charge in [0.15, 0.2) is 17.5 Å². The third-order valence-corrected chi connectivity index (χ3v) is 4.15. The fourth-order valence-electron chi connectivity index (χ4n) is 2.80. The summed E-state index contributed by atoms with van der Waals surface area (Å²) in [4.78, 5) is 29.3. The fourth-order valence-corrected chi connectivity index (χ4v) is 2.80. The van der Waals surface area contributed by atoms with Crippen LogP contribution in [-0.2, 0) is 9.59 Å². The van der Waals surface area contributed by atoms with E-state index in [0.717, 1.165) is 29.3 Å². The van der Waals surface area contributed by atoms with Crippen molar-refractivity contribution in [1.82, 2.24) is 4.98 Å². The number of carbonyl (C=O) groups excluding carboxylic acids is 2. The Morgan fingerprint density at radius 1 is 1.04 bits per heavy atom. The lowest BCUT2D eigenvalue weighted by molar-refractivity contribution is -0.117. The van der Waals surface area contributed by atoms with Crippen LogP contribution in [0.1, 0.15) is 13.3 Å². The second-order valence-corrected chi connectivity index (χ2v) is 6.04. The Kier molecular flexibility index (Phi) is 5.58. The Bertz CT molecular complexity index is 1050. The molecule has 0 aliphatic rings. The molecule has 0 spiro atoms. The van der Waals surface area contributed by atoms with Crippen molar-refractivity contribution in [3.05, 3.63) is 66.1 Å². The van der Waals surface area contributed by atoms with Gasteiger partial charge in [-0.2, -0.15) is 0 Å². The lowest BCUT2D eigenvalue weighted by atomic mass is 10.2. The number of carbonyl (C=O) groups is 2. The highest BCUT2D eigenvalue weighted by Gasteiger charge is 2.21. The van der Waals surface area contributed by atoms with E-state index >= 15 is 0 Å². The van der Waals surface area contributed by atoms with Crippen LogP contribution in [0.4, 0.5) is 24.5 Å². The zero-order valence-electron chi connectivity index (χ0n) is 14.9. The fraction of sp³-hybridized carbons (Fsp3) is 0.150. The lowest BCUT2D eigenvalue weighted by Gasteiger charge is -2.21. The van der Waals surface area contributed by atoms with Crippen LogP contribution in [0.15, 0.2) is 48.7 Å². The monoisotopic (exact) mass is 387 g/mol. The summed E-state index contributed by atoms with van der Waals surface area (Å²) in [5.41, 5.74) is 0.677. The smallest absolute Gasteiger partial charge is 0.226 e. The van der Waals surface area contributed by atoms with Gasteiger partial charge in [0.25, 0.3) is 0 Å². The van der Waals surface area contributed by atoms with E-state index in [1.165, 1.54) is 0 Å². The van der Waals surface area contributed by atoms with Crippen molar-refractivity contribution in [2.45, 2.75) is 13.3 Å². The number of anilines is 2. The molecule has 28 heavy (non-hydrogen) atoms. The zero-order chi connectivity index (χ0) is 20.3. The molecule has 0 aliphatic carbocycles. The summed E-state index contributed by atoms with van der Waals surface area (Å²) in [6, 6.07) is 10.6. The van der Waals surface area contributed by atoms with Crippen LogP contribution in [-0.4, -0.2) is 23.3 Å². The first-order valence-electron chi connectivity index (χ1n) is 8.43. The molecule has 144 valence electrons. The molecule has 2 aromatic carbocycles. The molecule has 2 amide bonds. The van der Waals surface area contributed by atoms with E-state index in [9.17, 15) is 22.8 Å². The van der Waals surface area contributed by atoms with E-state index in [2.05, 4.69) is 10.3 Å². The summed E-state index contributed by atoms with van der Waals surface area (Å²) in [6.45, 7) is 0.939. The van der Waals surface area contributed by atoms with Gasteiger partial charge in [-0.1, -0.05) is 18.2 Å². The van der Waals surface area contributed by atoms with Crippen LogP contribution in [0.25, 0.3) is 10.9 Å². The third-order valence-electron chi connectivity index (χ3n) is 4.15. The van der Waals surface area contributed by atoms with E-state index < -0.39 is 35.0 Å². The Balaban J connectivity index is 1.75. The Labute approximate surface area is 158 Å². The molecule has 0 atom stereocenters. The number of hydrogen-bond acceptors (Lipinski definition) is 3. The maximum atomic E-state index is 14.0. The summed E-state index contributed by atoms with van der Waals surface area (Å²) in [5.74, 6) is -5.55. The first-order chi connectivity index (χ1) is 13.4. The average Bonchev–Trinajstić information content (AvgIpc) is 2.68. The number of fused-ring (bicyclic) bond motifs is 1. The molecule has 0 radical (unpaired) electrons. The van der Waals surface area contributed by atoms with Crippen LogP contribution < -0.4 is 10.2 Å². The first-order valence-corrected chi connectivity index (χ1v) is 8.43. The molecule has 5 nitrogen and oxygen atoms in total. The standard InChI is InChI=1S/C20H16F3N3O2/c1-12(27)26(16-8-7-14(21)18(22)19(16)23)11-9-17(28)25-15-6-2-4-13-5-3-10-24-20(13)15/h2-8,10H,9,11H2,1H3,(H,25,28). The molecule has 3 rings (SSSR count). The van der Waals surface area contributed by atoms with Crippen molar-refractivity contribution in [3.8, 4) is 0 Å². The molecule has 0 aliphatic heterocycles. The largest absolute Gasteiger partial charge is 0.324 e. The zero-order valence-corrected chi connectivity index (χ0v) is 14.9. The van der Waals surface area contributed by atoms with E-state index in [1.54, 1.807) is 24.4 Å². The maximum Gasteiger partial charge on any atom is 0.226 e. The normalized spacial score (nSPS) is 10.7. The maximum absolute atomic E-state index is 14.0. The quantitative estimate of drug-likeness (QED) is 0.673. The van der Waals surface area contributed by atoms with Crippen LogP contribution >= 0.6 is 0 Å². The van der Waals surface area contributed by atoms with E-state index in [-0.39, 0.29) is 13.0 Å². The van der Waals surface area contributed by atoms with Gasteiger partial charge in [0.2, 0.25) is 11.8 Å². The topological polar surface area (TPSA) is 62.3 Å². The molecular weight excluding hydrogens is 371 g/mol. The second kappa shape index (κ2) is 8.08. The Morgan fingerprint density at radius 2 is 1.79 bits per heavy atom.